The predicted octanol–water partition coefficient (Wildman–Crippen LogP) is 2.28. The summed E-state index contributed by atoms with van der Waals surface area (Å²) in [6.45, 7) is 14.5. The summed E-state index contributed by atoms with van der Waals surface area (Å²) < 4.78 is 20.6. The molecule has 46 heavy (non-hydrogen) atoms. The first kappa shape index (κ1) is 38.5. The molecule has 0 spiro atoms. The van der Waals surface area contributed by atoms with Crippen LogP contribution in [0.25, 0.3) is 0 Å². The summed E-state index contributed by atoms with van der Waals surface area (Å²) in [4.78, 5) is 48.0. The van der Waals surface area contributed by atoms with Gasteiger partial charge in [-0.1, -0.05) is 54.9 Å². The van der Waals surface area contributed by atoms with Crippen LogP contribution >= 0.6 is 0 Å². The number of ketones is 1. The number of benzene rings is 1. The Morgan fingerprint density at radius 1 is 1.11 bits per heavy atom. The Morgan fingerprint density at radius 3 is 2.33 bits per heavy atom. The minimum atomic E-state index is -0.745. The third kappa shape index (κ3) is 15.1. The van der Waals surface area contributed by atoms with E-state index in [4.69, 9.17) is 18.7 Å². The van der Waals surface area contributed by atoms with Gasteiger partial charge in [0.05, 0.1) is 39.0 Å². The van der Waals surface area contributed by atoms with E-state index in [-0.39, 0.29) is 36.1 Å². The van der Waals surface area contributed by atoms with Crippen molar-refractivity contribution in [1.29, 1.82) is 0 Å². The fourth-order valence-electron chi connectivity index (χ4n) is 4.37. The Morgan fingerprint density at radius 2 is 1.78 bits per heavy atom. The Kier molecular flexibility index (Phi) is 17.1. The first-order chi connectivity index (χ1) is 22.0. The van der Waals surface area contributed by atoms with Crippen molar-refractivity contribution in [2.75, 3.05) is 53.2 Å². The lowest BCUT2D eigenvalue weighted by molar-refractivity contribution is -0.130. The summed E-state index contributed by atoms with van der Waals surface area (Å²) in [5, 5.41) is 11.6. The van der Waals surface area contributed by atoms with Gasteiger partial charge in [-0.3, -0.25) is 24.1 Å². The van der Waals surface area contributed by atoms with E-state index in [1.165, 1.54) is 5.56 Å². The molecule has 0 aliphatic carbocycles. The lowest BCUT2D eigenvalue weighted by Crippen LogP contribution is -2.48. The maximum Gasteiger partial charge on any atom is 0.273 e. The lowest BCUT2D eigenvalue weighted by Gasteiger charge is -2.25. The lowest BCUT2D eigenvalue weighted by atomic mass is 9.93. The average molecular weight is 646 g/mol. The normalized spacial score (nSPS) is 18.5. The second kappa shape index (κ2) is 20.5. The van der Waals surface area contributed by atoms with E-state index >= 15 is 0 Å². The number of methoxy groups -OCH3 is 1. The van der Waals surface area contributed by atoms with Gasteiger partial charge in [0.1, 0.15) is 5.60 Å². The second-order valence-electron chi connectivity index (χ2n) is 12.0. The largest absolute Gasteiger partial charge is 0.385 e. The molecular weight excluding hydrogens is 594 g/mol. The molecule has 2 fully saturated rings. The van der Waals surface area contributed by atoms with Crippen LogP contribution in [-0.4, -0.2) is 105 Å². The van der Waals surface area contributed by atoms with Crippen LogP contribution in [0.15, 0.2) is 40.9 Å². The highest BCUT2D eigenvalue weighted by Gasteiger charge is 2.50. The molecule has 0 bridgehead atoms. The van der Waals surface area contributed by atoms with Crippen LogP contribution < -0.4 is 16.0 Å². The Hall–Kier alpha value is -3.65. The number of hydrogen-bond acceptors (Lipinski definition) is 10. The van der Waals surface area contributed by atoms with Gasteiger partial charge >= 0.3 is 0 Å². The van der Waals surface area contributed by atoms with Gasteiger partial charge in [0.2, 0.25) is 12.3 Å². The molecule has 3 heterocycles. The molecule has 1 aromatic carbocycles. The molecule has 256 valence electrons. The number of aromatic nitrogens is 1. The van der Waals surface area contributed by atoms with Gasteiger partial charge in [0.15, 0.2) is 17.2 Å². The zero-order chi connectivity index (χ0) is 34.0. The molecular formula is C33H51N5O8. The van der Waals surface area contributed by atoms with Gasteiger partial charge in [0.25, 0.3) is 5.91 Å². The molecule has 0 radical (unpaired) electrons. The Labute approximate surface area is 272 Å². The van der Waals surface area contributed by atoms with E-state index in [0.717, 1.165) is 32.7 Å². The summed E-state index contributed by atoms with van der Waals surface area (Å²) >= 11 is 0. The fraction of sp³-hybridized carbons (Fsp3) is 0.606. The number of aryl methyl sites for hydroxylation is 1. The monoisotopic (exact) mass is 645 g/mol. The number of epoxide rings is 1. The number of carbonyl (C=O) groups is 4. The minimum Gasteiger partial charge on any atom is -0.385 e. The first-order valence-electron chi connectivity index (χ1n) is 15.7. The SMILES string of the molecule is CC(C)CC(NC(=O)CNC=O)C(=O)[C@@]1(C)CO1.COCC[C@@H](C)NC(=O)c1cc(CN2CCOCC2)on1.Cc1ccccc1. The van der Waals surface area contributed by atoms with Crippen molar-refractivity contribution < 1.29 is 37.9 Å². The number of carbonyl (C=O) groups excluding carboxylic acids is 4. The predicted molar refractivity (Wildman–Crippen MR) is 172 cm³/mol. The molecule has 2 aromatic rings. The number of amides is 3. The summed E-state index contributed by atoms with van der Waals surface area (Å²) in [5.74, 6) is 0.295. The van der Waals surface area contributed by atoms with Gasteiger partial charge < -0.3 is 34.7 Å². The summed E-state index contributed by atoms with van der Waals surface area (Å²) in [7, 11) is 1.64. The van der Waals surface area contributed by atoms with Gasteiger partial charge in [-0.25, -0.2) is 0 Å². The highest BCUT2D eigenvalue weighted by Crippen LogP contribution is 2.29. The Bertz CT molecular complexity index is 1200. The van der Waals surface area contributed by atoms with Crippen molar-refractivity contribution >= 4 is 24.0 Å². The van der Waals surface area contributed by atoms with Crippen molar-refractivity contribution in [1.82, 2.24) is 26.0 Å². The van der Waals surface area contributed by atoms with Crippen LogP contribution in [0.5, 0.6) is 0 Å². The quantitative estimate of drug-likeness (QED) is 0.193. The number of Topliss-reactive ketones (excluding diaryl/α,β-unsaturated/α-hetero) is 1. The number of hydrogen-bond donors (Lipinski definition) is 3. The zero-order valence-electron chi connectivity index (χ0n) is 28.0. The topological polar surface area (TPSA) is 165 Å². The van der Waals surface area contributed by atoms with Gasteiger partial charge in [-0.05, 0) is 39.5 Å². The zero-order valence-corrected chi connectivity index (χ0v) is 28.0. The first-order valence-corrected chi connectivity index (χ1v) is 15.7. The van der Waals surface area contributed by atoms with Crippen molar-refractivity contribution in [2.45, 2.75) is 71.7 Å². The molecule has 1 aromatic heterocycles. The summed E-state index contributed by atoms with van der Waals surface area (Å²) in [6.07, 6.45) is 1.77. The summed E-state index contributed by atoms with van der Waals surface area (Å²) in [6, 6.07) is 11.4. The third-order valence-electron chi connectivity index (χ3n) is 7.15. The molecule has 13 heteroatoms. The molecule has 2 saturated heterocycles. The van der Waals surface area contributed by atoms with Crippen LogP contribution in [0, 0.1) is 12.8 Å². The van der Waals surface area contributed by atoms with E-state index in [1.807, 2.05) is 39.0 Å². The van der Waals surface area contributed by atoms with E-state index in [2.05, 4.69) is 45.1 Å². The number of ether oxygens (including phenoxy) is 3. The maximum absolute atomic E-state index is 12.1. The molecule has 1 unspecified atom stereocenters. The van der Waals surface area contributed by atoms with Crippen LogP contribution in [0.1, 0.15) is 62.3 Å². The van der Waals surface area contributed by atoms with E-state index in [9.17, 15) is 19.2 Å². The summed E-state index contributed by atoms with van der Waals surface area (Å²) in [5.41, 5.74) is 0.898. The smallest absolute Gasteiger partial charge is 0.273 e. The number of morpholine rings is 1. The molecule has 3 N–H and O–H groups in total. The molecule has 4 rings (SSSR count). The average Bonchev–Trinajstić information content (AvgIpc) is 3.61. The van der Waals surface area contributed by atoms with Crippen LogP contribution in [0.2, 0.25) is 0 Å². The third-order valence-corrected chi connectivity index (χ3v) is 7.15. The molecule has 2 aliphatic rings. The fourth-order valence-corrected chi connectivity index (χ4v) is 4.37. The van der Waals surface area contributed by atoms with Crippen molar-refractivity contribution in [3.8, 4) is 0 Å². The van der Waals surface area contributed by atoms with E-state index < -0.39 is 11.6 Å². The molecule has 3 amide bonds. The van der Waals surface area contributed by atoms with Crippen LogP contribution in [0.3, 0.4) is 0 Å². The highest BCUT2D eigenvalue weighted by atomic mass is 16.6. The van der Waals surface area contributed by atoms with Crippen molar-refractivity contribution in [3.05, 3.63) is 53.4 Å². The number of nitrogens with zero attached hydrogens (tertiary/aromatic N) is 2. The van der Waals surface area contributed by atoms with E-state index in [1.54, 1.807) is 20.1 Å². The van der Waals surface area contributed by atoms with Crippen LogP contribution in [-0.2, 0) is 35.1 Å². The molecule has 13 nitrogen and oxygen atoms in total. The number of rotatable bonds is 15. The molecule has 2 aliphatic heterocycles. The Balaban J connectivity index is 0.000000267. The van der Waals surface area contributed by atoms with Crippen molar-refractivity contribution in [3.63, 3.8) is 0 Å². The van der Waals surface area contributed by atoms with Gasteiger partial charge in [-0.15, -0.1) is 0 Å². The van der Waals surface area contributed by atoms with Gasteiger partial charge in [0, 0.05) is 38.9 Å². The van der Waals surface area contributed by atoms with Crippen molar-refractivity contribution in [2.24, 2.45) is 5.92 Å². The molecule has 3 atom stereocenters. The highest BCUT2D eigenvalue weighted by molar-refractivity contribution is 5.96. The molecule has 0 saturated carbocycles. The van der Waals surface area contributed by atoms with E-state index in [0.29, 0.717) is 44.0 Å². The number of nitrogens with one attached hydrogen (secondary N) is 3. The standard InChI is InChI=1S/C14H23N3O4.C12H20N2O4.C7H8/c1-11(3-6-19-2)15-14(18)13-9-12(21-16-13)10-17-4-7-20-8-5-17;1-8(2)4-9(11(17)12(3)6-18-12)14-10(16)5-13-7-15;1-7-5-3-2-4-6-7/h9,11H,3-8,10H2,1-2H3,(H,15,18);7-9H,4-6H2,1-3H3,(H,13,15)(H,14,16);2-6H,1H3/t11-;9?,12-;/m11./s1. The maximum atomic E-state index is 12.1. The van der Waals surface area contributed by atoms with Gasteiger partial charge in [-0.2, -0.15) is 0 Å². The second-order valence-corrected chi connectivity index (χ2v) is 12.0. The van der Waals surface area contributed by atoms with Crippen LogP contribution in [0.4, 0.5) is 0 Å². The minimum absolute atomic E-state index is 0.0387.